The summed E-state index contributed by atoms with van der Waals surface area (Å²) < 4.78 is 0. The molecule has 4 fully saturated rings. The summed E-state index contributed by atoms with van der Waals surface area (Å²) in [5.74, 6) is 4.27. The molecule has 1 N–H and O–H groups in total. The van der Waals surface area contributed by atoms with Crippen molar-refractivity contribution in [3.8, 4) is 0 Å². The summed E-state index contributed by atoms with van der Waals surface area (Å²) in [5, 5.41) is 3.06. The number of carbonyl (C=O) groups excluding carboxylic acids is 1. The molecule has 0 unspecified atom stereocenters. The fourth-order valence-electron chi connectivity index (χ4n) is 5.18. The zero-order chi connectivity index (χ0) is 13.7. The van der Waals surface area contributed by atoms with Gasteiger partial charge >= 0.3 is 0 Å². The van der Waals surface area contributed by atoms with Crippen molar-refractivity contribution in [2.24, 2.45) is 29.6 Å². The molecule has 1 aromatic rings. The van der Waals surface area contributed by atoms with Gasteiger partial charge in [-0.2, -0.15) is 0 Å². The molecule has 4 saturated carbocycles. The van der Waals surface area contributed by atoms with Crippen molar-refractivity contribution in [2.45, 2.75) is 39.0 Å². The van der Waals surface area contributed by atoms with Crippen LogP contribution in [-0.4, -0.2) is 10.9 Å². The molecule has 0 spiro atoms. The maximum absolute atomic E-state index is 12.7. The molecule has 20 heavy (non-hydrogen) atoms. The maximum Gasteiger partial charge on any atom is 0.229 e. The predicted molar refractivity (Wildman–Crippen MR) is 78.1 cm³/mol. The minimum Gasteiger partial charge on any atom is -0.310 e. The van der Waals surface area contributed by atoms with Gasteiger partial charge in [-0.05, 0) is 74.8 Å². The Labute approximate surface area is 120 Å². The summed E-state index contributed by atoms with van der Waals surface area (Å²) in [7, 11) is 0. The average molecular weight is 270 g/mol. The SMILES string of the molecule is Cc1cccc(NC(=O)C2C3CC4CC(C3)CC2C4)n1. The molecule has 1 aromatic heterocycles. The Bertz CT molecular complexity index is 512. The van der Waals surface area contributed by atoms with Crippen LogP contribution < -0.4 is 5.32 Å². The van der Waals surface area contributed by atoms with E-state index >= 15 is 0 Å². The summed E-state index contributed by atoms with van der Waals surface area (Å²) in [6.45, 7) is 1.96. The van der Waals surface area contributed by atoms with Crippen LogP contribution in [0, 0.1) is 36.5 Å². The van der Waals surface area contributed by atoms with Crippen LogP contribution in [0.2, 0.25) is 0 Å². The summed E-state index contributed by atoms with van der Waals surface area (Å²) in [6.07, 6.45) is 6.57. The molecule has 3 nitrogen and oxygen atoms in total. The molecule has 4 bridgehead atoms. The van der Waals surface area contributed by atoms with Gasteiger partial charge in [0, 0.05) is 11.6 Å². The minimum atomic E-state index is 0.219. The van der Waals surface area contributed by atoms with Crippen LogP contribution in [0.3, 0.4) is 0 Å². The first-order valence-electron chi connectivity index (χ1n) is 7.93. The molecule has 0 radical (unpaired) electrons. The molecule has 1 amide bonds. The lowest BCUT2D eigenvalue weighted by Gasteiger charge is -2.53. The molecular weight excluding hydrogens is 248 g/mol. The van der Waals surface area contributed by atoms with Crippen molar-refractivity contribution >= 4 is 11.7 Å². The lowest BCUT2D eigenvalue weighted by Crippen LogP contribution is -2.49. The lowest BCUT2D eigenvalue weighted by molar-refractivity contribution is -0.132. The second kappa shape index (κ2) is 4.57. The van der Waals surface area contributed by atoms with Gasteiger partial charge in [0.2, 0.25) is 5.91 Å². The van der Waals surface area contributed by atoms with E-state index in [0.29, 0.717) is 17.7 Å². The summed E-state index contributed by atoms with van der Waals surface area (Å²) in [4.78, 5) is 17.1. The molecule has 0 aliphatic heterocycles. The fourth-order valence-corrected chi connectivity index (χ4v) is 5.18. The van der Waals surface area contributed by atoms with Crippen molar-refractivity contribution in [1.29, 1.82) is 0 Å². The monoisotopic (exact) mass is 270 g/mol. The van der Waals surface area contributed by atoms with E-state index in [1.807, 2.05) is 25.1 Å². The summed E-state index contributed by atoms with van der Waals surface area (Å²) >= 11 is 0. The van der Waals surface area contributed by atoms with Gasteiger partial charge in [0.15, 0.2) is 0 Å². The standard InChI is InChI=1S/C17H22N2O/c1-10-3-2-4-15(18-10)19-17(20)16-13-6-11-5-12(8-13)9-14(16)7-11/h2-4,11-14,16H,5-9H2,1H3,(H,18,19,20). The molecule has 5 rings (SSSR count). The normalized spacial score (nSPS) is 38.0. The number of anilines is 1. The van der Waals surface area contributed by atoms with E-state index in [9.17, 15) is 4.79 Å². The van der Waals surface area contributed by atoms with Gasteiger partial charge in [-0.3, -0.25) is 4.79 Å². The van der Waals surface area contributed by atoms with Crippen LogP contribution in [0.25, 0.3) is 0 Å². The highest BCUT2D eigenvalue weighted by atomic mass is 16.2. The van der Waals surface area contributed by atoms with E-state index in [4.69, 9.17) is 0 Å². The topological polar surface area (TPSA) is 42.0 Å². The molecule has 106 valence electrons. The third-order valence-corrected chi connectivity index (χ3v) is 5.67. The highest BCUT2D eigenvalue weighted by Crippen LogP contribution is 2.56. The van der Waals surface area contributed by atoms with Gasteiger partial charge in [0.05, 0.1) is 0 Å². The highest BCUT2D eigenvalue weighted by molar-refractivity contribution is 5.92. The molecule has 0 aromatic carbocycles. The minimum absolute atomic E-state index is 0.219. The van der Waals surface area contributed by atoms with E-state index in [1.54, 1.807) is 0 Å². The number of hydrogen-bond donors (Lipinski definition) is 1. The Hall–Kier alpha value is -1.38. The average Bonchev–Trinajstić information content (AvgIpc) is 2.37. The number of rotatable bonds is 2. The van der Waals surface area contributed by atoms with Crippen LogP contribution >= 0.6 is 0 Å². The summed E-state index contributed by atoms with van der Waals surface area (Å²) in [5.41, 5.74) is 0.952. The first-order valence-corrected chi connectivity index (χ1v) is 7.93. The number of carbonyl (C=O) groups is 1. The van der Waals surface area contributed by atoms with E-state index < -0.39 is 0 Å². The number of aryl methyl sites for hydroxylation is 1. The number of amides is 1. The van der Waals surface area contributed by atoms with Crippen LogP contribution in [0.15, 0.2) is 18.2 Å². The molecule has 4 aliphatic carbocycles. The van der Waals surface area contributed by atoms with Gasteiger partial charge in [0.25, 0.3) is 0 Å². The molecule has 0 atom stereocenters. The van der Waals surface area contributed by atoms with Crippen molar-refractivity contribution in [3.63, 3.8) is 0 Å². The van der Waals surface area contributed by atoms with Gasteiger partial charge in [-0.25, -0.2) is 4.98 Å². The quantitative estimate of drug-likeness (QED) is 0.895. The van der Waals surface area contributed by atoms with E-state index in [-0.39, 0.29) is 11.8 Å². The molecule has 4 aliphatic rings. The van der Waals surface area contributed by atoms with Gasteiger partial charge in [0.1, 0.15) is 5.82 Å². The lowest BCUT2D eigenvalue weighted by atomic mass is 9.51. The number of aromatic nitrogens is 1. The Morgan fingerprint density at radius 2 is 1.75 bits per heavy atom. The van der Waals surface area contributed by atoms with Crippen molar-refractivity contribution in [2.75, 3.05) is 5.32 Å². The second-order valence-corrected chi connectivity index (χ2v) is 7.11. The van der Waals surface area contributed by atoms with Crippen molar-refractivity contribution in [3.05, 3.63) is 23.9 Å². The van der Waals surface area contributed by atoms with Crippen molar-refractivity contribution in [1.82, 2.24) is 4.98 Å². The number of nitrogens with one attached hydrogen (secondary N) is 1. The van der Waals surface area contributed by atoms with E-state index in [2.05, 4.69) is 10.3 Å². The fraction of sp³-hybridized carbons (Fsp3) is 0.647. The van der Waals surface area contributed by atoms with Gasteiger partial charge in [-0.1, -0.05) is 6.07 Å². The Kier molecular flexibility index (Phi) is 2.83. The Morgan fingerprint density at radius 3 is 2.35 bits per heavy atom. The molecule has 0 saturated heterocycles. The molecule has 1 heterocycles. The molecule has 3 heteroatoms. The number of pyridine rings is 1. The van der Waals surface area contributed by atoms with E-state index in [0.717, 1.165) is 17.5 Å². The third kappa shape index (κ3) is 2.04. The molecular formula is C17H22N2O. The van der Waals surface area contributed by atoms with Crippen LogP contribution in [-0.2, 0) is 4.79 Å². The van der Waals surface area contributed by atoms with Gasteiger partial charge in [-0.15, -0.1) is 0 Å². The largest absolute Gasteiger partial charge is 0.310 e. The maximum atomic E-state index is 12.7. The zero-order valence-corrected chi connectivity index (χ0v) is 12.0. The van der Waals surface area contributed by atoms with E-state index in [1.165, 1.54) is 32.1 Å². The summed E-state index contributed by atoms with van der Waals surface area (Å²) in [6, 6.07) is 5.80. The Balaban J connectivity index is 1.51. The van der Waals surface area contributed by atoms with Crippen LogP contribution in [0.1, 0.15) is 37.8 Å². The number of hydrogen-bond acceptors (Lipinski definition) is 2. The highest BCUT2D eigenvalue weighted by Gasteiger charge is 2.50. The number of nitrogens with zero attached hydrogens (tertiary/aromatic N) is 1. The predicted octanol–water partition coefficient (Wildman–Crippen LogP) is 3.40. The third-order valence-electron chi connectivity index (χ3n) is 5.67. The van der Waals surface area contributed by atoms with Gasteiger partial charge < -0.3 is 5.32 Å². The second-order valence-electron chi connectivity index (χ2n) is 7.11. The van der Waals surface area contributed by atoms with Crippen molar-refractivity contribution < 1.29 is 4.79 Å². The Morgan fingerprint density at radius 1 is 1.10 bits per heavy atom. The first kappa shape index (κ1) is 12.4. The van der Waals surface area contributed by atoms with Crippen LogP contribution in [0.4, 0.5) is 5.82 Å². The zero-order valence-electron chi connectivity index (χ0n) is 12.0. The first-order chi connectivity index (χ1) is 9.69. The smallest absolute Gasteiger partial charge is 0.229 e. The van der Waals surface area contributed by atoms with Crippen LogP contribution in [0.5, 0.6) is 0 Å².